The van der Waals surface area contributed by atoms with E-state index in [1.807, 2.05) is 32.2 Å². The average molecular weight is 297 g/mol. The maximum Gasteiger partial charge on any atom is 0.301 e. The van der Waals surface area contributed by atoms with Gasteiger partial charge in [-0.1, -0.05) is 18.6 Å². The second-order valence-electron chi connectivity index (χ2n) is 5.29. The molecule has 2 N–H and O–H groups in total. The topological polar surface area (TPSA) is 61.4 Å². The largest absolute Gasteiger partial charge is 0.318 e. The van der Waals surface area contributed by atoms with Gasteiger partial charge in [0.25, 0.3) is 0 Å². The highest BCUT2D eigenvalue weighted by molar-refractivity contribution is 7.90. The maximum absolute atomic E-state index is 12.5. The van der Waals surface area contributed by atoms with Crippen LogP contribution in [0.25, 0.3) is 0 Å². The molecular weight excluding hydrogens is 274 g/mol. The van der Waals surface area contributed by atoms with Crippen LogP contribution >= 0.6 is 0 Å². The number of likely N-dealkylation sites (N-methyl/N-ethyl adjacent to an activating group) is 1. The summed E-state index contributed by atoms with van der Waals surface area (Å²) in [6.07, 6.45) is 2.92. The molecule has 112 valence electrons. The van der Waals surface area contributed by atoms with Crippen LogP contribution < -0.4 is 10.0 Å². The highest BCUT2D eigenvalue weighted by Gasteiger charge is 2.31. The van der Waals surface area contributed by atoms with Gasteiger partial charge in [0.2, 0.25) is 0 Å². The van der Waals surface area contributed by atoms with Crippen LogP contribution in [-0.4, -0.2) is 38.9 Å². The van der Waals surface area contributed by atoms with Crippen LogP contribution in [0.1, 0.15) is 24.8 Å². The van der Waals surface area contributed by atoms with Crippen LogP contribution in [0.15, 0.2) is 24.3 Å². The van der Waals surface area contributed by atoms with Crippen molar-refractivity contribution in [2.24, 2.45) is 0 Å². The van der Waals surface area contributed by atoms with Crippen LogP contribution in [0.5, 0.6) is 0 Å². The van der Waals surface area contributed by atoms with Gasteiger partial charge in [-0.05, 0) is 44.5 Å². The van der Waals surface area contributed by atoms with Crippen LogP contribution in [0.2, 0.25) is 0 Å². The van der Waals surface area contributed by atoms with E-state index in [0.717, 1.165) is 24.8 Å². The van der Waals surface area contributed by atoms with E-state index in [9.17, 15) is 8.42 Å². The smallest absolute Gasteiger partial charge is 0.301 e. The normalized spacial score (nSPS) is 20.8. The molecule has 6 heteroatoms. The minimum absolute atomic E-state index is 0.0380. The summed E-state index contributed by atoms with van der Waals surface area (Å²) in [6.45, 7) is 3.23. The first-order valence-corrected chi connectivity index (χ1v) is 8.48. The van der Waals surface area contributed by atoms with E-state index in [4.69, 9.17) is 0 Å². The Hall–Kier alpha value is -1.11. The van der Waals surface area contributed by atoms with Gasteiger partial charge in [-0.3, -0.25) is 4.72 Å². The van der Waals surface area contributed by atoms with E-state index in [2.05, 4.69) is 10.0 Å². The fourth-order valence-electron chi connectivity index (χ4n) is 2.65. The van der Waals surface area contributed by atoms with Crippen molar-refractivity contribution >= 4 is 15.9 Å². The molecule has 0 amide bonds. The lowest BCUT2D eigenvalue weighted by Gasteiger charge is -2.34. The van der Waals surface area contributed by atoms with E-state index in [1.165, 1.54) is 0 Å². The van der Waals surface area contributed by atoms with Crippen molar-refractivity contribution in [3.8, 4) is 0 Å². The number of hydrogen-bond donors (Lipinski definition) is 2. The number of nitrogens with one attached hydrogen (secondary N) is 2. The lowest BCUT2D eigenvalue weighted by molar-refractivity contribution is 0.250. The van der Waals surface area contributed by atoms with Gasteiger partial charge in [0.15, 0.2) is 0 Å². The molecule has 0 spiro atoms. The van der Waals surface area contributed by atoms with Gasteiger partial charge in [-0.25, -0.2) is 0 Å². The second-order valence-corrected chi connectivity index (χ2v) is 6.92. The molecule has 0 aliphatic carbocycles. The second kappa shape index (κ2) is 6.56. The number of nitrogens with zero attached hydrogens (tertiary/aromatic N) is 1. The summed E-state index contributed by atoms with van der Waals surface area (Å²) in [4.78, 5) is 0. The predicted octanol–water partition coefficient (Wildman–Crippen LogP) is 1.73. The van der Waals surface area contributed by atoms with Crippen molar-refractivity contribution in [1.29, 1.82) is 0 Å². The van der Waals surface area contributed by atoms with Crippen LogP contribution in [0, 0.1) is 6.92 Å². The molecule has 1 aliphatic rings. The summed E-state index contributed by atoms with van der Waals surface area (Å²) < 4.78 is 29.4. The molecule has 20 heavy (non-hydrogen) atoms. The van der Waals surface area contributed by atoms with Gasteiger partial charge in [0.1, 0.15) is 0 Å². The lowest BCUT2D eigenvalue weighted by Crippen LogP contribution is -2.49. The molecule has 1 unspecified atom stereocenters. The standard InChI is InChI=1S/C14H23N3O2S/c1-12-6-5-7-13(10-12)16-20(18,19)17-9-4-3-8-14(17)11-15-2/h5-7,10,14-16H,3-4,8-9,11H2,1-2H3. The van der Waals surface area contributed by atoms with E-state index in [0.29, 0.717) is 18.8 Å². The number of rotatable bonds is 5. The van der Waals surface area contributed by atoms with Crippen molar-refractivity contribution in [2.45, 2.75) is 32.2 Å². The summed E-state index contributed by atoms with van der Waals surface area (Å²) in [7, 11) is -1.63. The molecule has 0 aromatic heterocycles. The molecular formula is C14H23N3O2S. The third-order valence-electron chi connectivity index (χ3n) is 3.59. The van der Waals surface area contributed by atoms with Gasteiger partial charge in [0.05, 0.1) is 5.69 Å². The Bertz CT molecular complexity index is 543. The van der Waals surface area contributed by atoms with Crippen molar-refractivity contribution in [2.75, 3.05) is 24.9 Å². The first-order valence-electron chi connectivity index (χ1n) is 7.04. The van der Waals surface area contributed by atoms with E-state index < -0.39 is 10.2 Å². The molecule has 1 saturated heterocycles. The fraction of sp³-hybridized carbons (Fsp3) is 0.571. The summed E-state index contributed by atoms with van der Waals surface area (Å²) in [5.41, 5.74) is 1.66. The van der Waals surface area contributed by atoms with Crippen LogP contribution in [0.4, 0.5) is 5.69 Å². The number of piperidine rings is 1. The summed E-state index contributed by atoms with van der Waals surface area (Å²) in [6, 6.07) is 7.46. The number of hydrogen-bond acceptors (Lipinski definition) is 3. The van der Waals surface area contributed by atoms with E-state index in [-0.39, 0.29) is 6.04 Å². The van der Waals surface area contributed by atoms with Gasteiger partial charge in [0, 0.05) is 19.1 Å². The lowest BCUT2D eigenvalue weighted by atomic mass is 10.1. The van der Waals surface area contributed by atoms with Crippen molar-refractivity contribution in [3.05, 3.63) is 29.8 Å². The van der Waals surface area contributed by atoms with Crippen molar-refractivity contribution in [1.82, 2.24) is 9.62 Å². The zero-order valence-electron chi connectivity index (χ0n) is 12.1. The fourth-order valence-corrected chi connectivity index (χ4v) is 4.13. The molecule has 1 heterocycles. The molecule has 0 radical (unpaired) electrons. The van der Waals surface area contributed by atoms with Crippen molar-refractivity contribution in [3.63, 3.8) is 0 Å². The molecule has 1 aromatic rings. The van der Waals surface area contributed by atoms with Crippen LogP contribution in [0.3, 0.4) is 0 Å². The van der Waals surface area contributed by atoms with Gasteiger partial charge in [-0.15, -0.1) is 0 Å². The average Bonchev–Trinajstić information content (AvgIpc) is 2.39. The van der Waals surface area contributed by atoms with Gasteiger partial charge < -0.3 is 5.32 Å². The SMILES string of the molecule is CNCC1CCCCN1S(=O)(=O)Nc1cccc(C)c1. The van der Waals surface area contributed by atoms with Gasteiger partial charge in [-0.2, -0.15) is 12.7 Å². The molecule has 0 bridgehead atoms. The molecule has 1 aliphatic heterocycles. The summed E-state index contributed by atoms with van der Waals surface area (Å²) in [5, 5.41) is 3.08. The Morgan fingerprint density at radius 2 is 2.15 bits per heavy atom. The van der Waals surface area contributed by atoms with Gasteiger partial charge >= 0.3 is 10.2 Å². The molecule has 1 aromatic carbocycles. The minimum atomic E-state index is -3.48. The Kier molecular flexibility index (Phi) is 5.01. The molecule has 0 saturated carbocycles. The minimum Gasteiger partial charge on any atom is -0.318 e. The summed E-state index contributed by atoms with van der Waals surface area (Å²) >= 11 is 0. The highest BCUT2D eigenvalue weighted by Crippen LogP contribution is 2.22. The zero-order valence-corrected chi connectivity index (χ0v) is 12.9. The quantitative estimate of drug-likeness (QED) is 0.870. The predicted molar refractivity (Wildman–Crippen MR) is 82.0 cm³/mol. The van der Waals surface area contributed by atoms with E-state index in [1.54, 1.807) is 10.4 Å². The molecule has 2 rings (SSSR count). The number of anilines is 1. The molecule has 5 nitrogen and oxygen atoms in total. The maximum atomic E-state index is 12.5. The Balaban J connectivity index is 2.15. The highest BCUT2D eigenvalue weighted by atomic mass is 32.2. The Morgan fingerprint density at radius 1 is 1.35 bits per heavy atom. The van der Waals surface area contributed by atoms with Crippen molar-refractivity contribution < 1.29 is 8.42 Å². The molecule has 1 atom stereocenters. The number of benzene rings is 1. The zero-order chi connectivity index (χ0) is 14.6. The first-order chi connectivity index (χ1) is 9.53. The monoisotopic (exact) mass is 297 g/mol. The van der Waals surface area contributed by atoms with E-state index >= 15 is 0 Å². The summed E-state index contributed by atoms with van der Waals surface area (Å²) in [5.74, 6) is 0. The van der Waals surface area contributed by atoms with Crippen LogP contribution in [-0.2, 0) is 10.2 Å². The Labute approximate surface area is 121 Å². The Morgan fingerprint density at radius 3 is 2.85 bits per heavy atom. The third-order valence-corrected chi connectivity index (χ3v) is 5.18. The number of aryl methyl sites for hydroxylation is 1. The first kappa shape index (κ1) is 15.3. The third kappa shape index (κ3) is 3.71. The molecule has 1 fully saturated rings.